The van der Waals surface area contributed by atoms with Gasteiger partial charge in [-0.15, -0.1) is 11.3 Å². The van der Waals surface area contributed by atoms with Crippen LogP contribution in [0.2, 0.25) is 0 Å². The molecule has 2 aromatic heterocycles. The van der Waals surface area contributed by atoms with Gasteiger partial charge in [-0.25, -0.2) is 4.39 Å². The van der Waals surface area contributed by atoms with Crippen molar-refractivity contribution in [1.82, 2.24) is 10.4 Å². The fraction of sp³-hybridized carbons (Fsp3) is 0.250. The number of aryl methyl sites for hydroxylation is 1. The molecule has 1 unspecified atom stereocenters. The first-order chi connectivity index (χ1) is 8.29. The van der Waals surface area contributed by atoms with Crippen molar-refractivity contribution in [3.8, 4) is 0 Å². The van der Waals surface area contributed by atoms with Crippen molar-refractivity contribution in [2.24, 2.45) is 5.84 Å². The molecule has 0 saturated heterocycles. The number of pyridine rings is 1. The highest BCUT2D eigenvalue weighted by atomic mass is 32.1. The molecule has 0 bridgehead atoms. The van der Waals surface area contributed by atoms with Crippen molar-refractivity contribution in [3.05, 3.63) is 52.2 Å². The van der Waals surface area contributed by atoms with Gasteiger partial charge in [-0.1, -0.05) is 6.07 Å². The van der Waals surface area contributed by atoms with Gasteiger partial charge in [0.05, 0.1) is 17.9 Å². The zero-order valence-corrected chi connectivity index (χ0v) is 10.1. The predicted octanol–water partition coefficient (Wildman–Crippen LogP) is 2.42. The molecule has 3 N–H and O–H groups in total. The van der Waals surface area contributed by atoms with Gasteiger partial charge >= 0.3 is 0 Å². The van der Waals surface area contributed by atoms with Crippen molar-refractivity contribution in [1.29, 1.82) is 0 Å². The molecule has 2 heterocycles. The molecule has 0 aliphatic rings. The van der Waals surface area contributed by atoms with E-state index in [0.29, 0.717) is 0 Å². The molecular formula is C12H14FN3S. The third-order valence-electron chi connectivity index (χ3n) is 2.57. The molecule has 0 aliphatic carbocycles. The molecular weight excluding hydrogens is 237 g/mol. The largest absolute Gasteiger partial charge is 0.271 e. The van der Waals surface area contributed by atoms with Crippen molar-refractivity contribution >= 4 is 11.3 Å². The molecule has 0 aromatic carbocycles. The Morgan fingerprint density at radius 3 is 2.88 bits per heavy atom. The number of halogens is 1. The Kier molecular flexibility index (Phi) is 4.19. The van der Waals surface area contributed by atoms with Crippen molar-refractivity contribution in [2.75, 3.05) is 0 Å². The Morgan fingerprint density at radius 2 is 2.29 bits per heavy atom. The van der Waals surface area contributed by atoms with Crippen LogP contribution < -0.4 is 11.3 Å². The first kappa shape index (κ1) is 12.2. The Bertz CT molecular complexity index is 441. The Labute approximate surface area is 103 Å². The van der Waals surface area contributed by atoms with Crippen LogP contribution in [-0.2, 0) is 6.42 Å². The molecule has 2 rings (SSSR count). The van der Waals surface area contributed by atoms with Crippen LogP contribution in [0, 0.1) is 5.82 Å². The zero-order chi connectivity index (χ0) is 12.1. The van der Waals surface area contributed by atoms with Crippen LogP contribution in [0.25, 0.3) is 0 Å². The van der Waals surface area contributed by atoms with E-state index in [-0.39, 0.29) is 11.9 Å². The summed E-state index contributed by atoms with van der Waals surface area (Å²) < 4.78 is 12.8. The van der Waals surface area contributed by atoms with E-state index in [1.54, 1.807) is 17.4 Å². The Balaban J connectivity index is 1.99. The minimum absolute atomic E-state index is 0.0438. The van der Waals surface area contributed by atoms with E-state index in [4.69, 9.17) is 5.84 Å². The highest BCUT2D eigenvalue weighted by Gasteiger charge is 2.11. The molecule has 17 heavy (non-hydrogen) atoms. The zero-order valence-electron chi connectivity index (χ0n) is 9.27. The van der Waals surface area contributed by atoms with Crippen LogP contribution in [0.3, 0.4) is 0 Å². The fourth-order valence-electron chi connectivity index (χ4n) is 1.65. The van der Waals surface area contributed by atoms with Gasteiger partial charge in [0, 0.05) is 4.88 Å². The third-order valence-corrected chi connectivity index (χ3v) is 3.50. The van der Waals surface area contributed by atoms with Gasteiger partial charge in [0.1, 0.15) is 5.82 Å². The molecule has 0 amide bonds. The molecule has 0 aliphatic heterocycles. The average molecular weight is 251 g/mol. The summed E-state index contributed by atoms with van der Waals surface area (Å²) in [6, 6.07) is 7.14. The molecule has 0 radical (unpaired) electrons. The van der Waals surface area contributed by atoms with Crippen molar-refractivity contribution in [2.45, 2.75) is 18.9 Å². The maximum atomic E-state index is 12.8. The van der Waals surface area contributed by atoms with Crippen LogP contribution >= 0.6 is 11.3 Å². The standard InChI is InChI=1S/C12H14FN3S/c13-9-3-5-11(15-8-9)12(16-14)6-4-10-2-1-7-17-10/h1-3,5,7-8,12,16H,4,6,14H2. The number of nitrogens with two attached hydrogens (primary N) is 1. The van der Waals surface area contributed by atoms with Gasteiger partial charge in [-0.2, -0.15) is 0 Å². The lowest BCUT2D eigenvalue weighted by molar-refractivity contribution is 0.503. The average Bonchev–Trinajstić information content (AvgIpc) is 2.85. The monoisotopic (exact) mass is 251 g/mol. The van der Waals surface area contributed by atoms with Gasteiger partial charge in [-0.05, 0) is 36.4 Å². The molecule has 0 spiro atoms. The van der Waals surface area contributed by atoms with Crippen LogP contribution in [0.5, 0.6) is 0 Å². The lowest BCUT2D eigenvalue weighted by Gasteiger charge is -2.14. The van der Waals surface area contributed by atoms with Gasteiger partial charge in [-0.3, -0.25) is 16.3 Å². The summed E-state index contributed by atoms with van der Waals surface area (Å²) in [6.45, 7) is 0. The van der Waals surface area contributed by atoms with E-state index < -0.39 is 0 Å². The SMILES string of the molecule is NNC(CCc1cccs1)c1ccc(F)cn1. The number of nitrogens with zero attached hydrogens (tertiary/aromatic N) is 1. The van der Waals surface area contributed by atoms with Crippen LogP contribution in [0.15, 0.2) is 35.8 Å². The molecule has 3 nitrogen and oxygen atoms in total. The molecule has 90 valence electrons. The van der Waals surface area contributed by atoms with Crippen LogP contribution in [0.4, 0.5) is 4.39 Å². The lowest BCUT2D eigenvalue weighted by atomic mass is 10.1. The summed E-state index contributed by atoms with van der Waals surface area (Å²) in [5.74, 6) is 5.17. The van der Waals surface area contributed by atoms with Gasteiger partial charge in [0.2, 0.25) is 0 Å². The Hall–Kier alpha value is -1.30. The summed E-state index contributed by atoms with van der Waals surface area (Å²) in [4.78, 5) is 5.35. The predicted molar refractivity (Wildman–Crippen MR) is 66.9 cm³/mol. The minimum atomic E-state index is -0.331. The highest BCUT2D eigenvalue weighted by Crippen LogP contribution is 2.19. The summed E-state index contributed by atoms with van der Waals surface area (Å²) in [5, 5.41) is 2.05. The number of nitrogens with one attached hydrogen (secondary N) is 1. The van der Waals surface area contributed by atoms with E-state index >= 15 is 0 Å². The molecule has 1 atom stereocenters. The Morgan fingerprint density at radius 1 is 1.41 bits per heavy atom. The van der Waals surface area contributed by atoms with Crippen molar-refractivity contribution in [3.63, 3.8) is 0 Å². The van der Waals surface area contributed by atoms with Gasteiger partial charge in [0.15, 0.2) is 0 Å². The minimum Gasteiger partial charge on any atom is -0.271 e. The maximum Gasteiger partial charge on any atom is 0.141 e. The summed E-state index contributed by atoms with van der Waals surface area (Å²) in [6.07, 6.45) is 2.99. The topological polar surface area (TPSA) is 50.9 Å². The number of aromatic nitrogens is 1. The number of hydrogen-bond acceptors (Lipinski definition) is 4. The smallest absolute Gasteiger partial charge is 0.141 e. The number of hydrogen-bond donors (Lipinski definition) is 2. The molecule has 5 heteroatoms. The van der Waals surface area contributed by atoms with Crippen LogP contribution in [-0.4, -0.2) is 4.98 Å². The first-order valence-corrected chi connectivity index (χ1v) is 6.27. The molecule has 2 aromatic rings. The molecule has 0 fully saturated rings. The second kappa shape index (κ2) is 5.86. The van der Waals surface area contributed by atoms with E-state index in [1.807, 2.05) is 6.07 Å². The van der Waals surface area contributed by atoms with E-state index in [0.717, 1.165) is 18.5 Å². The summed E-state index contributed by atoms with van der Waals surface area (Å²) in [5.41, 5.74) is 3.49. The first-order valence-electron chi connectivity index (χ1n) is 5.39. The summed E-state index contributed by atoms with van der Waals surface area (Å²) in [7, 11) is 0. The number of rotatable bonds is 5. The normalized spacial score (nSPS) is 12.6. The van der Waals surface area contributed by atoms with E-state index in [1.165, 1.54) is 17.1 Å². The lowest BCUT2D eigenvalue weighted by Crippen LogP contribution is -2.29. The molecule has 0 saturated carbocycles. The fourth-order valence-corrected chi connectivity index (χ4v) is 2.38. The third kappa shape index (κ3) is 3.33. The van der Waals surface area contributed by atoms with E-state index in [2.05, 4.69) is 21.9 Å². The van der Waals surface area contributed by atoms with Gasteiger partial charge in [0.25, 0.3) is 0 Å². The maximum absolute atomic E-state index is 12.8. The summed E-state index contributed by atoms with van der Waals surface area (Å²) >= 11 is 1.72. The number of hydrazine groups is 1. The quantitative estimate of drug-likeness (QED) is 0.634. The van der Waals surface area contributed by atoms with Gasteiger partial charge < -0.3 is 0 Å². The van der Waals surface area contributed by atoms with Crippen molar-refractivity contribution < 1.29 is 4.39 Å². The van der Waals surface area contributed by atoms with E-state index in [9.17, 15) is 4.39 Å². The highest BCUT2D eigenvalue weighted by molar-refractivity contribution is 7.09. The second-order valence-electron chi connectivity index (χ2n) is 3.74. The van der Waals surface area contributed by atoms with Crippen LogP contribution in [0.1, 0.15) is 23.0 Å². The number of thiophene rings is 1. The second-order valence-corrected chi connectivity index (χ2v) is 4.77.